The standard InChI is InChI=1S/C13H14N2O4S/c1-8-3-2-4-10-11(8)14-13(17)15(12(10)16)9-5-6-20(18,19)7-9/h2-4,9H,5-7H2,1H3,(H,14,17). The van der Waals surface area contributed by atoms with E-state index in [1.165, 1.54) is 0 Å². The van der Waals surface area contributed by atoms with Crippen molar-refractivity contribution in [2.24, 2.45) is 0 Å². The second-order valence-corrected chi connectivity index (χ2v) is 7.39. The van der Waals surface area contributed by atoms with E-state index < -0.39 is 27.1 Å². The summed E-state index contributed by atoms with van der Waals surface area (Å²) in [6.07, 6.45) is 0.308. The van der Waals surface area contributed by atoms with Crippen LogP contribution in [0.5, 0.6) is 0 Å². The van der Waals surface area contributed by atoms with Crippen molar-refractivity contribution in [3.05, 3.63) is 44.6 Å². The quantitative estimate of drug-likeness (QED) is 0.822. The summed E-state index contributed by atoms with van der Waals surface area (Å²) in [6.45, 7) is 1.81. The minimum absolute atomic E-state index is 0.0232. The SMILES string of the molecule is Cc1cccc2c(=O)n(C3CCS(=O)(=O)C3)c(=O)[nH]c12. The minimum Gasteiger partial charge on any atom is -0.306 e. The molecule has 7 heteroatoms. The molecule has 20 heavy (non-hydrogen) atoms. The Labute approximate surface area is 115 Å². The monoisotopic (exact) mass is 294 g/mol. The van der Waals surface area contributed by atoms with Gasteiger partial charge in [0.05, 0.1) is 28.5 Å². The van der Waals surface area contributed by atoms with Crippen LogP contribution in [0.3, 0.4) is 0 Å². The first-order chi connectivity index (χ1) is 9.39. The Morgan fingerprint density at radius 3 is 2.70 bits per heavy atom. The van der Waals surface area contributed by atoms with E-state index in [1.807, 2.05) is 13.0 Å². The molecule has 1 fully saturated rings. The summed E-state index contributed by atoms with van der Waals surface area (Å²) < 4.78 is 24.1. The third-order valence-electron chi connectivity index (χ3n) is 3.75. The number of rotatable bonds is 1. The highest BCUT2D eigenvalue weighted by molar-refractivity contribution is 7.91. The Bertz CT molecular complexity index is 908. The molecule has 106 valence electrons. The van der Waals surface area contributed by atoms with Crippen molar-refractivity contribution >= 4 is 20.7 Å². The Hall–Kier alpha value is -1.89. The average molecular weight is 294 g/mol. The van der Waals surface area contributed by atoms with Gasteiger partial charge in [0.1, 0.15) is 0 Å². The fourth-order valence-corrected chi connectivity index (χ4v) is 4.41. The van der Waals surface area contributed by atoms with Gasteiger partial charge < -0.3 is 4.98 Å². The molecule has 1 aromatic carbocycles. The van der Waals surface area contributed by atoms with E-state index >= 15 is 0 Å². The van der Waals surface area contributed by atoms with Crippen LogP contribution in [0.15, 0.2) is 27.8 Å². The van der Waals surface area contributed by atoms with Gasteiger partial charge >= 0.3 is 5.69 Å². The van der Waals surface area contributed by atoms with Crippen molar-refractivity contribution in [1.29, 1.82) is 0 Å². The molecule has 1 aliphatic rings. The predicted octanol–water partition coefficient (Wildman–Crippen LogP) is 0.358. The van der Waals surface area contributed by atoms with Crippen molar-refractivity contribution in [3.8, 4) is 0 Å². The molecule has 1 aromatic heterocycles. The van der Waals surface area contributed by atoms with E-state index in [1.54, 1.807) is 12.1 Å². The molecule has 0 amide bonds. The Kier molecular flexibility index (Phi) is 2.82. The zero-order chi connectivity index (χ0) is 14.5. The molecular weight excluding hydrogens is 280 g/mol. The summed E-state index contributed by atoms with van der Waals surface area (Å²) in [6, 6.07) is 4.62. The van der Waals surface area contributed by atoms with E-state index in [9.17, 15) is 18.0 Å². The molecule has 3 rings (SSSR count). The second kappa shape index (κ2) is 4.31. The third kappa shape index (κ3) is 1.98. The van der Waals surface area contributed by atoms with Gasteiger partial charge in [-0.15, -0.1) is 0 Å². The highest BCUT2D eigenvalue weighted by Crippen LogP contribution is 2.21. The van der Waals surface area contributed by atoms with Gasteiger partial charge in [-0.05, 0) is 25.0 Å². The molecular formula is C13H14N2O4S. The lowest BCUT2D eigenvalue weighted by Crippen LogP contribution is -2.38. The van der Waals surface area contributed by atoms with Crippen LogP contribution in [0.25, 0.3) is 10.9 Å². The van der Waals surface area contributed by atoms with Gasteiger partial charge in [-0.25, -0.2) is 13.2 Å². The number of para-hydroxylation sites is 1. The van der Waals surface area contributed by atoms with Gasteiger partial charge in [0, 0.05) is 0 Å². The molecule has 2 aromatic rings. The fraction of sp³-hybridized carbons (Fsp3) is 0.385. The number of nitrogens with zero attached hydrogens (tertiary/aromatic N) is 1. The summed E-state index contributed by atoms with van der Waals surface area (Å²) in [5.74, 6) is -0.122. The molecule has 0 bridgehead atoms. The molecule has 1 aliphatic heterocycles. The van der Waals surface area contributed by atoms with Gasteiger partial charge in [-0.3, -0.25) is 9.36 Å². The smallest absolute Gasteiger partial charge is 0.306 e. The maximum atomic E-state index is 12.4. The second-order valence-electron chi connectivity index (χ2n) is 5.16. The number of H-pyrrole nitrogens is 1. The van der Waals surface area contributed by atoms with Crippen LogP contribution in [-0.2, 0) is 9.84 Å². The van der Waals surface area contributed by atoms with Crippen molar-refractivity contribution in [1.82, 2.24) is 9.55 Å². The normalized spacial score (nSPS) is 21.4. The first-order valence-electron chi connectivity index (χ1n) is 6.33. The zero-order valence-corrected chi connectivity index (χ0v) is 11.7. The van der Waals surface area contributed by atoms with Crippen LogP contribution >= 0.6 is 0 Å². The molecule has 0 saturated carbocycles. The summed E-state index contributed by atoms with van der Waals surface area (Å²) in [5, 5.41) is 0.411. The lowest BCUT2D eigenvalue weighted by Gasteiger charge is -2.12. The van der Waals surface area contributed by atoms with Gasteiger partial charge in [-0.1, -0.05) is 12.1 Å². The summed E-state index contributed by atoms with van der Waals surface area (Å²) in [7, 11) is -3.15. The molecule has 0 aliphatic carbocycles. The third-order valence-corrected chi connectivity index (χ3v) is 5.50. The zero-order valence-electron chi connectivity index (χ0n) is 10.9. The molecule has 1 unspecified atom stereocenters. The van der Waals surface area contributed by atoms with Gasteiger partial charge in [0.15, 0.2) is 9.84 Å². The number of aromatic amines is 1. The Balaban J connectivity index is 2.28. The molecule has 6 nitrogen and oxygen atoms in total. The fourth-order valence-electron chi connectivity index (χ4n) is 2.71. The van der Waals surface area contributed by atoms with Crippen LogP contribution in [-0.4, -0.2) is 29.5 Å². The Morgan fingerprint density at radius 2 is 2.05 bits per heavy atom. The first kappa shape index (κ1) is 13.1. The number of hydrogen-bond donors (Lipinski definition) is 1. The number of fused-ring (bicyclic) bond motifs is 1. The van der Waals surface area contributed by atoms with Crippen molar-refractivity contribution in [2.45, 2.75) is 19.4 Å². The van der Waals surface area contributed by atoms with Gasteiger partial charge in [0.2, 0.25) is 0 Å². The molecule has 2 heterocycles. The number of aryl methyl sites for hydroxylation is 1. The van der Waals surface area contributed by atoms with Crippen molar-refractivity contribution < 1.29 is 8.42 Å². The molecule has 1 saturated heterocycles. The predicted molar refractivity (Wildman–Crippen MR) is 75.9 cm³/mol. The average Bonchev–Trinajstić information content (AvgIpc) is 2.71. The summed E-state index contributed by atoms with van der Waals surface area (Å²) in [5.41, 5.74) is 0.357. The molecule has 1 N–H and O–H groups in total. The van der Waals surface area contributed by atoms with Crippen molar-refractivity contribution in [3.63, 3.8) is 0 Å². The van der Waals surface area contributed by atoms with Crippen LogP contribution in [0.1, 0.15) is 18.0 Å². The van der Waals surface area contributed by atoms with Gasteiger partial charge in [-0.2, -0.15) is 0 Å². The van der Waals surface area contributed by atoms with Crippen LogP contribution in [0.2, 0.25) is 0 Å². The molecule has 0 radical (unpaired) electrons. The van der Waals surface area contributed by atoms with E-state index in [-0.39, 0.29) is 11.5 Å². The lowest BCUT2D eigenvalue weighted by atomic mass is 10.1. The number of sulfone groups is 1. The summed E-state index contributed by atoms with van der Waals surface area (Å²) >= 11 is 0. The van der Waals surface area contributed by atoms with Crippen LogP contribution < -0.4 is 11.2 Å². The van der Waals surface area contributed by atoms with E-state index in [0.29, 0.717) is 17.3 Å². The van der Waals surface area contributed by atoms with Crippen LogP contribution in [0, 0.1) is 6.92 Å². The molecule has 0 spiro atoms. The molecule has 1 atom stereocenters. The van der Waals surface area contributed by atoms with Crippen molar-refractivity contribution in [2.75, 3.05) is 11.5 Å². The first-order valence-corrected chi connectivity index (χ1v) is 8.16. The van der Waals surface area contributed by atoms with Gasteiger partial charge in [0.25, 0.3) is 5.56 Å². The number of benzene rings is 1. The van der Waals surface area contributed by atoms with E-state index in [0.717, 1.165) is 10.1 Å². The maximum Gasteiger partial charge on any atom is 0.329 e. The Morgan fingerprint density at radius 1 is 1.30 bits per heavy atom. The highest BCUT2D eigenvalue weighted by atomic mass is 32.2. The van der Waals surface area contributed by atoms with Crippen LogP contribution in [0.4, 0.5) is 0 Å². The number of nitrogens with one attached hydrogen (secondary N) is 1. The highest BCUT2D eigenvalue weighted by Gasteiger charge is 2.31. The summed E-state index contributed by atoms with van der Waals surface area (Å²) in [4.78, 5) is 27.2. The largest absolute Gasteiger partial charge is 0.329 e. The number of hydrogen-bond acceptors (Lipinski definition) is 4. The minimum atomic E-state index is -3.15. The van der Waals surface area contributed by atoms with E-state index in [2.05, 4.69) is 4.98 Å². The number of aromatic nitrogens is 2. The maximum absolute atomic E-state index is 12.4. The topological polar surface area (TPSA) is 89.0 Å². The van der Waals surface area contributed by atoms with E-state index in [4.69, 9.17) is 0 Å². The lowest BCUT2D eigenvalue weighted by molar-refractivity contribution is 0.517.